The van der Waals surface area contributed by atoms with Crippen LogP contribution < -0.4 is 11.5 Å². The van der Waals surface area contributed by atoms with Crippen molar-refractivity contribution in [2.24, 2.45) is 11.5 Å². The highest BCUT2D eigenvalue weighted by atomic mass is 16.5. The number of hydrogen-bond donors (Lipinski definition) is 2. The molecule has 5 nitrogen and oxygen atoms in total. The maximum Gasteiger partial charge on any atom is 0.228 e. The van der Waals surface area contributed by atoms with Crippen molar-refractivity contribution in [2.75, 3.05) is 0 Å². The summed E-state index contributed by atoms with van der Waals surface area (Å²) in [7, 11) is 0. The third-order valence-corrected chi connectivity index (χ3v) is 1.19. The standard InChI is InChI=1S/C6H12N4O/c1-4(8)2-6-9-5(3-7)10-11-6/h4H,2-3,7-8H2,1H3. The van der Waals surface area contributed by atoms with E-state index in [0.717, 1.165) is 0 Å². The predicted molar refractivity (Wildman–Crippen MR) is 39.5 cm³/mol. The van der Waals surface area contributed by atoms with Gasteiger partial charge in [-0.1, -0.05) is 5.16 Å². The highest BCUT2D eigenvalue weighted by Crippen LogP contribution is 1.98. The summed E-state index contributed by atoms with van der Waals surface area (Å²) < 4.78 is 4.85. The molecule has 0 radical (unpaired) electrons. The number of nitrogens with zero attached hydrogens (tertiary/aromatic N) is 2. The number of nitrogens with two attached hydrogens (primary N) is 2. The van der Waals surface area contributed by atoms with Crippen LogP contribution in [0.2, 0.25) is 0 Å². The zero-order valence-electron chi connectivity index (χ0n) is 6.45. The Hall–Kier alpha value is -0.940. The second-order valence-electron chi connectivity index (χ2n) is 2.49. The van der Waals surface area contributed by atoms with Crippen LogP contribution >= 0.6 is 0 Å². The predicted octanol–water partition coefficient (Wildman–Crippen LogP) is -0.582. The Labute approximate surface area is 64.8 Å². The lowest BCUT2D eigenvalue weighted by Crippen LogP contribution is -2.17. The second-order valence-corrected chi connectivity index (χ2v) is 2.49. The molecule has 0 spiro atoms. The molecule has 62 valence electrons. The monoisotopic (exact) mass is 156 g/mol. The highest BCUT2D eigenvalue weighted by molar-refractivity contribution is 4.86. The normalized spacial score (nSPS) is 13.4. The molecule has 1 rings (SSSR count). The van der Waals surface area contributed by atoms with Crippen LogP contribution in [0.4, 0.5) is 0 Å². The van der Waals surface area contributed by atoms with Gasteiger partial charge in [0.1, 0.15) is 0 Å². The van der Waals surface area contributed by atoms with Crippen molar-refractivity contribution < 1.29 is 4.52 Å². The van der Waals surface area contributed by atoms with Gasteiger partial charge in [-0.05, 0) is 6.92 Å². The van der Waals surface area contributed by atoms with Gasteiger partial charge in [0.25, 0.3) is 0 Å². The second kappa shape index (κ2) is 3.45. The fraction of sp³-hybridized carbons (Fsp3) is 0.667. The third kappa shape index (κ3) is 2.28. The summed E-state index contributed by atoms with van der Waals surface area (Å²) in [5, 5.41) is 3.62. The maximum atomic E-state index is 5.52. The van der Waals surface area contributed by atoms with Crippen molar-refractivity contribution in [3.63, 3.8) is 0 Å². The largest absolute Gasteiger partial charge is 0.339 e. The van der Waals surface area contributed by atoms with E-state index < -0.39 is 0 Å². The molecule has 0 saturated heterocycles. The lowest BCUT2D eigenvalue weighted by atomic mass is 10.2. The molecule has 1 atom stereocenters. The highest BCUT2D eigenvalue weighted by Gasteiger charge is 2.05. The molecule has 0 aliphatic heterocycles. The van der Waals surface area contributed by atoms with Crippen LogP contribution in [0.25, 0.3) is 0 Å². The minimum absolute atomic E-state index is 0.0427. The average Bonchev–Trinajstić information content (AvgIpc) is 2.34. The first-order chi connectivity index (χ1) is 5.22. The van der Waals surface area contributed by atoms with Gasteiger partial charge in [-0.3, -0.25) is 0 Å². The molecule has 4 N–H and O–H groups in total. The van der Waals surface area contributed by atoms with Crippen molar-refractivity contribution in [3.8, 4) is 0 Å². The lowest BCUT2D eigenvalue weighted by molar-refractivity contribution is 0.366. The Morgan fingerprint density at radius 1 is 1.64 bits per heavy atom. The van der Waals surface area contributed by atoms with E-state index >= 15 is 0 Å². The van der Waals surface area contributed by atoms with Crippen LogP contribution in [0.3, 0.4) is 0 Å². The van der Waals surface area contributed by atoms with Gasteiger partial charge in [-0.15, -0.1) is 0 Å². The summed E-state index contributed by atoms with van der Waals surface area (Å²) in [6.07, 6.45) is 0.604. The average molecular weight is 156 g/mol. The van der Waals surface area contributed by atoms with E-state index in [4.69, 9.17) is 16.0 Å². The molecule has 1 unspecified atom stereocenters. The van der Waals surface area contributed by atoms with E-state index in [1.54, 1.807) is 0 Å². The van der Waals surface area contributed by atoms with Gasteiger partial charge in [0, 0.05) is 12.5 Å². The van der Waals surface area contributed by atoms with Crippen LogP contribution in [0.5, 0.6) is 0 Å². The molecule has 0 fully saturated rings. The van der Waals surface area contributed by atoms with E-state index in [9.17, 15) is 0 Å². The number of hydrogen-bond acceptors (Lipinski definition) is 5. The zero-order chi connectivity index (χ0) is 8.27. The van der Waals surface area contributed by atoms with Crippen molar-refractivity contribution in [3.05, 3.63) is 11.7 Å². The van der Waals surface area contributed by atoms with E-state index in [2.05, 4.69) is 10.1 Å². The Balaban J connectivity index is 2.58. The van der Waals surface area contributed by atoms with E-state index in [1.807, 2.05) is 6.92 Å². The maximum absolute atomic E-state index is 5.52. The van der Waals surface area contributed by atoms with E-state index in [1.165, 1.54) is 0 Å². The molecule has 11 heavy (non-hydrogen) atoms. The Morgan fingerprint density at radius 2 is 2.36 bits per heavy atom. The van der Waals surface area contributed by atoms with Gasteiger partial charge < -0.3 is 16.0 Å². The van der Waals surface area contributed by atoms with Crippen LogP contribution in [0.15, 0.2) is 4.52 Å². The summed E-state index contributed by atoms with van der Waals surface area (Å²) in [4.78, 5) is 3.99. The van der Waals surface area contributed by atoms with Gasteiger partial charge in [-0.25, -0.2) is 0 Å². The molecule has 5 heteroatoms. The van der Waals surface area contributed by atoms with Crippen LogP contribution in [-0.2, 0) is 13.0 Å². The van der Waals surface area contributed by atoms with Crippen LogP contribution in [0, 0.1) is 0 Å². The molecule has 0 aliphatic carbocycles. The quantitative estimate of drug-likeness (QED) is 0.610. The summed E-state index contributed by atoms with van der Waals surface area (Å²) in [6, 6.07) is 0.0427. The van der Waals surface area contributed by atoms with Crippen molar-refractivity contribution in [1.82, 2.24) is 10.1 Å². The van der Waals surface area contributed by atoms with Gasteiger partial charge in [0.15, 0.2) is 5.82 Å². The molecule has 0 bridgehead atoms. The zero-order valence-corrected chi connectivity index (χ0v) is 6.45. The molecular formula is C6H12N4O. The minimum Gasteiger partial charge on any atom is -0.339 e. The van der Waals surface area contributed by atoms with E-state index in [-0.39, 0.29) is 6.04 Å². The van der Waals surface area contributed by atoms with Gasteiger partial charge in [0.05, 0.1) is 6.54 Å². The summed E-state index contributed by atoms with van der Waals surface area (Å²) in [5.41, 5.74) is 10.8. The van der Waals surface area contributed by atoms with Crippen molar-refractivity contribution in [1.29, 1.82) is 0 Å². The molecule has 1 aromatic heterocycles. The minimum atomic E-state index is 0.0427. The molecule has 0 saturated carbocycles. The van der Waals surface area contributed by atoms with E-state index in [0.29, 0.717) is 24.7 Å². The number of aromatic nitrogens is 2. The lowest BCUT2D eigenvalue weighted by Gasteiger charge is -1.96. The summed E-state index contributed by atoms with van der Waals surface area (Å²) in [6.45, 7) is 2.19. The topological polar surface area (TPSA) is 91.0 Å². The molecule has 0 aliphatic rings. The summed E-state index contributed by atoms with van der Waals surface area (Å²) in [5.74, 6) is 1.08. The van der Waals surface area contributed by atoms with Gasteiger partial charge in [0.2, 0.25) is 5.89 Å². The number of rotatable bonds is 3. The molecule has 0 aromatic carbocycles. The van der Waals surface area contributed by atoms with Crippen molar-refractivity contribution >= 4 is 0 Å². The first-order valence-corrected chi connectivity index (χ1v) is 3.49. The smallest absolute Gasteiger partial charge is 0.228 e. The Morgan fingerprint density at radius 3 is 2.82 bits per heavy atom. The molecule has 1 heterocycles. The first kappa shape index (κ1) is 8.16. The fourth-order valence-corrected chi connectivity index (χ4v) is 0.731. The third-order valence-electron chi connectivity index (χ3n) is 1.19. The molecular weight excluding hydrogens is 144 g/mol. The SMILES string of the molecule is CC(N)Cc1nc(CN)no1. The molecule has 1 aromatic rings. The Bertz CT molecular complexity index is 220. The summed E-state index contributed by atoms with van der Waals surface area (Å²) >= 11 is 0. The van der Waals surface area contributed by atoms with Gasteiger partial charge >= 0.3 is 0 Å². The van der Waals surface area contributed by atoms with Crippen LogP contribution in [0.1, 0.15) is 18.6 Å². The van der Waals surface area contributed by atoms with Crippen molar-refractivity contribution in [2.45, 2.75) is 25.9 Å². The molecule has 0 amide bonds. The fourth-order valence-electron chi connectivity index (χ4n) is 0.731. The Kier molecular flexibility index (Phi) is 2.56. The first-order valence-electron chi connectivity index (χ1n) is 3.49. The van der Waals surface area contributed by atoms with Gasteiger partial charge in [-0.2, -0.15) is 4.98 Å². The van der Waals surface area contributed by atoms with Crippen LogP contribution in [-0.4, -0.2) is 16.2 Å².